The number of carbonyl (C=O) groups excluding carboxylic acids is 1. The van der Waals surface area contributed by atoms with Crippen LogP contribution in [0.1, 0.15) is 34.6 Å². The maximum Gasteiger partial charge on any atom is 0.280 e. The van der Waals surface area contributed by atoms with Crippen molar-refractivity contribution in [1.82, 2.24) is 20.6 Å². The number of aromatic nitrogens is 2. The molecule has 0 spiro atoms. The second-order valence-electron chi connectivity index (χ2n) is 8.17. The van der Waals surface area contributed by atoms with E-state index in [0.717, 1.165) is 45.6 Å². The minimum Gasteiger partial charge on any atom is -0.491 e. The molecule has 1 amide bonds. The third-order valence-corrected chi connectivity index (χ3v) is 6.85. The van der Waals surface area contributed by atoms with Gasteiger partial charge < -0.3 is 15.4 Å². The molecule has 1 fully saturated rings. The van der Waals surface area contributed by atoms with Gasteiger partial charge in [0, 0.05) is 25.0 Å². The summed E-state index contributed by atoms with van der Waals surface area (Å²) in [5.74, 6) is 0.544. The van der Waals surface area contributed by atoms with Gasteiger partial charge in [0.2, 0.25) is 0 Å². The Balaban J connectivity index is 1.40. The molecule has 7 heteroatoms. The topological polar surface area (TPSA) is 76.1 Å². The van der Waals surface area contributed by atoms with Crippen molar-refractivity contribution in [2.45, 2.75) is 31.8 Å². The summed E-state index contributed by atoms with van der Waals surface area (Å²) < 4.78 is 7.16. The Bertz CT molecular complexity index is 1220. The summed E-state index contributed by atoms with van der Waals surface area (Å²) in [4.78, 5) is 21.6. The number of pyridine rings is 1. The van der Waals surface area contributed by atoms with E-state index in [0.29, 0.717) is 24.2 Å². The molecule has 33 heavy (non-hydrogen) atoms. The summed E-state index contributed by atoms with van der Waals surface area (Å²) in [5.41, 5.74) is 3.87. The summed E-state index contributed by atoms with van der Waals surface area (Å²) >= 11 is 1.39. The van der Waals surface area contributed by atoms with Crippen LogP contribution < -0.4 is 15.4 Å². The van der Waals surface area contributed by atoms with E-state index in [1.54, 1.807) is 12.4 Å². The summed E-state index contributed by atoms with van der Waals surface area (Å²) in [5, 5.41) is 6.92. The van der Waals surface area contributed by atoms with Gasteiger partial charge in [-0.3, -0.25) is 9.78 Å². The first-order valence-electron chi connectivity index (χ1n) is 11.3. The van der Waals surface area contributed by atoms with Crippen LogP contribution in [0.5, 0.6) is 5.75 Å². The van der Waals surface area contributed by atoms with Crippen molar-refractivity contribution in [3.8, 4) is 16.9 Å². The van der Waals surface area contributed by atoms with Gasteiger partial charge in [-0.2, -0.15) is 0 Å². The predicted molar refractivity (Wildman–Crippen MR) is 132 cm³/mol. The van der Waals surface area contributed by atoms with Crippen molar-refractivity contribution in [2.24, 2.45) is 0 Å². The molecular weight excluding hydrogens is 432 g/mol. The van der Waals surface area contributed by atoms with Crippen LogP contribution in [0, 0.1) is 0 Å². The fraction of sp³-hybridized carbons (Fsp3) is 0.269. The van der Waals surface area contributed by atoms with E-state index < -0.39 is 0 Å². The molecule has 1 saturated heterocycles. The second-order valence-corrected chi connectivity index (χ2v) is 9.21. The third-order valence-electron chi connectivity index (χ3n) is 5.85. The Morgan fingerprint density at radius 1 is 1.12 bits per heavy atom. The van der Waals surface area contributed by atoms with Gasteiger partial charge in [0.05, 0.1) is 11.3 Å². The lowest BCUT2D eigenvalue weighted by atomic mass is 10.1. The highest BCUT2D eigenvalue weighted by atomic mass is 32.1. The molecule has 0 bridgehead atoms. The van der Waals surface area contributed by atoms with Gasteiger partial charge in [0.15, 0.2) is 5.01 Å². The van der Waals surface area contributed by atoms with Crippen molar-refractivity contribution in [3.63, 3.8) is 0 Å². The van der Waals surface area contributed by atoms with E-state index in [9.17, 15) is 4.79 Å². The molecule has 0 aliphatic carbocycles. The molecule has 6 nitrogen and oxygen atoms in total. The highest BCUT2D eigenvalue weighted by Gasteiger charge is 2.18. The second kappa shape index (κ2) is 10.1. The molecule has 1 unspecified atom stereocenters. The van der Waals surface area contributed by atoms with Crippen LogP contribution in [0.3, 0.4) is 0 Å². The quantitative estimate of drug-likeness (QED) is 0.396. The average molecular weight is 459 g/mol. The van der Waals surface area contributed by atoms with Crippen LogP contribution in [-0.2, 0) is 6.54 Å². The molecule has 0 saturated carbocycles. The average Bonchev–Trinajstić information content (AvgIpc) is 3.54. The van der Waals surface area contributed by atoms with Gasteiger partial charge in [0.25, 0.3) is 5.91 Å². The number of benzene rings is 2. The Morgan fingerprint density at radius 2 is 1.97 bits per heavy atom. The van der Waals surface area contributed by atoms with Gasteiger partial charge in [-0.15, -0.1) is 11.3 Å². The Labute approximate surface area is 197 Å². The number of nitrogens with one attached hydrogen (secondary N) is 2. The van der Waals surface area contributed by atoms with Crippen LogP contribution in [0.25, 0.3) is 21.3 Å². The van der Waals surface area contributed by atoms with E-state index in [1.807, 2.05) is 48.5 Å². The van der Waals surface area contributed by atoms with E-state index in [1.165, 1.54) is 24.2 Å². The van der Waals surface area contributed by atoms with Crippen molar-refractivity contribution < 1.29 is 9.53 Å². The monoisotopic (exact) mass is 458 g/mol. The highest BCUT2D eigenvalue weighted by molar-refractivity contribution is 7.20. The number of carbonyl (C=O) groups is 1. The number of nitrogens with zero attached hydrogens (tertiary/aromatic N) is 2. The molecule has 5 rings (SSSR count). The molecule has 0 radical (unpaired) electrons. The number of thiazole rings is 1. The van der Waals surface area contributed by atoms with Crippen LogP contribution in [-0.4, -0.2) is 35.1 Å². The lowest BCUT2D eigenvalue weighted by molar-refractivity contribution is 0.0950. The molecule has 1 atom stereocenters. The largest absolute Gasteiger partial charge is 0.491 e. The normalized spacial score (nSPS) is 15.6. The zero-order valence-electron chi connectivity index (χ0n) is 18.3. The van der Waals surface area contributed by atoms with Gasteiger partial charge in [0.1, 0.15) is 11.3 Å². The number of hydrogen-bond acceptors (Lipinski definition) is 6. The fourth-order valence-corrected chi connectivity index (χ4v) is 5.02. The maximum atomic E-state index is 12.8. The third kappa shape index (κ3) is 5.21. The Kier molecular flexibility index (Phi) is 6.60. The zero-order valence-corrected chi connectivity index (χ0v) is 19.1. The highest BCUT2D eigenvalue weighted by Crippen LogP contribution is 2.35. The molecule has 2 aromatic carbocycles. The van der Waals surface area contributed by atoms with E-state index in [2.05, 4.69) is 26.7 Å². The van der Waals surface area contributed by atoms with E-state index in [4.69, 9.17) is 4.74 Å². The molecule has 2 N–H and O–H groups in total. The molecule has 4 aromatic rings. The smallest absolute Gasteiger partial charge is 0.280 e. The van der Waals surface area contributed by atoms with E-state index >= 15 is 0 Å². The molecule has 1 aliphatic rings. The van der Waals surface area contributed by atoms with Crippen LogP contribution in [0.15, 0.2) is 67.0 Å². The minimum absolute atomic E-state index is 0.174. The van der Waals surface area contributed by atoms with Crippen LogP contribution in [0.4, 0.5) is 0 Å². The molecule has 3 heterocycles. The first-order chi connectivity index (χ1) is 16.3. The first kappa shape index (κ1) is 21.6. The number of fused-ring (bicyclic) bond motifs is 1. The van der Waals surface area contributed by atoms with Gasteiger partial charge >= 0.3 is 0 Å². The number of ether oxygens (including phenoxy) is 1. The minimum atomic E-state index is -0.174. The van der Waals surface area contributed by atoms with Crippen molar-refractivity contribution in [2.75, 3.05) is 13.2 Å². The maximum absolute atomic E-state index is 12.8. The van der Waals surface area contributed by atoms with Crippen molar-refractivity contribution in [1.29, 1.82) is 0 Å². The zero-order chi connectivity index (χ0) is 22.5. The van der Waals surface area contributed by atoms with Gasteiger partial charge in [-0.05, 0) is 66.8 Å². The lowest BCUT2D eigenvalue weighted by Gasteiger charge is -2.12. The van der Waals surface area contributed by atoms with Crippen molar-refractivity contribution in [3.05, 3.63) is 77.6 Å². The summed E-state index contributed by atoms with van der Waals surface area (Å²) in [6.45, 7) is 2.16. The number of amides is 1. The van der Waals surface area contributed by atoms with Gasteiger partial charge in [-0.25, -0.2) is 4.98 Å². The predicted octanol–water partition coefficient (Wildman–Crippen LogP) is 4.81. The molecule has 168 valence electrons. The van der Waals surface area contributed by atoms with Gasteiger partial charge in [-0.1, -0.05) is 30.3 Å². The first-order valence-corrected chi connectivity index (χ1v) is 12.1. The summed E-state index contributed by atoms with van der Waals surface area (Å²) in [7, 11) is 0. The van der Waals surface area contributed by atoms with Crippen molar-refractivity contribution >= 4 is 27.5 Å². The van der Waals surface area contributed by atoms with E-state index in [-0.39, 0.29) is 5.91 Å². The Morgan fingerprint density at radius 3 is 2.76 bits per heavy atom. The molecule has 2 aromatic heterocycles. The lowest BCUT2D eigenvalue weighted by Crippen LogP contribution is -2.23. The SMILES string of the molecule is O=C(NCc1ccccc1)c1nc2c(OCCC3CCCN3)cc(-c3ccncc3)cc2s1. The van der Waals surface area contributed by atoms with Crippen LogP contribution >= 0.6 is 11.3 Å². The summed E-state index contributed by atoms with van der Waals surface area (Å²) in [6.07, 6.45) is 6.93. The number of hydrogen-bond donors (Lipinski definition) is 2. The molecule has 1 aliphatic heterocycles. The number of rotatable bonds is 8. The van der Waals surface area contributed by atoms with Crippen LogP contribution in [0.2, 0.25) is 0 Å². The Hall–Kier alpha value is -3.29. The molecular formula is C26H26N4O2S. The fourth-order valence-electron chi connectivity index (χ4n) is 4.09. The standard InChI is InChI=1S/C26H26N4O2S/c31-25(29-17-18-5-2-1-3-6-18)26-30-24-22(32-14-10-21-7-4-11-28-21)15-20(16-23(24)33-26)19-8-12-27-13-9-19/h1-3,5-6,8-9,12-13,15-16,21,28H,4,7,10-11,14,17H2,(H,29,31). The summed E-state index contributed by atoms with van der Waals surface area (Å²) in [6, 6.07) is 18.4.